The molecule has 5 nitrogen and oxygen atoms in total. The number of carbonyl (C=O) groups is 1. The fourth-order valence-electron chi connectivity index (χ4n) is 1.86. The molecule has 104 valence electrons. The average molecular weight is 285 g/mol. The summed E-state index contributed by atoms with van der Waals surface area (Å²) in [4.78, 5) is 13.8. The first-order valence-corrected chi connectivity index (χ1v) is 6.51. The van der Waals surface area contributed by atoms with Gasteiger partial charge in [-0.25, -0.2) is 0 Å². The lowest BCUT2D eigenvalue weighted by molar-refractivity contribution is -0.133. The number of amides is 1. The van der Waals surface area contributed by atoms with Gasteiger partial charge in [-0.3, -0.25) is 4.79 Å². The van der Waals surface area contributed by atoms with Gasteiger partial charge in [-0.1, -0.05) is 11.6 Å². The Bertz CT molecular complexity index is 448. The topological polar surface area (TPSA) is 50.8 Å². The second kappa shape index (κ2) is 6.63. The van der Waals surface area contributed by atoms with E-state index in [0.717, 1.165) is 0 Å². The third-order valence-corrected chi connectivity index (χ3v) is 3.30. The second-order valence-corrected chi connectivity index (χ2v) is 4.60. The fraction of sp³-hybridized carbons (Fsp3) is 0.462. The highest BCUT2D eigenvalue weighted by Crippen LogP contribution is 2.26. The number of carbonyl (C=O) groups excluding carboxylic acids is 1. The SMILES string of the molecule is COc1ccc(Cl)c(NCC(=O)N2CCOCC2)c1. The number of nitrogens with one attached hydrogen (secondary N) is 1. The van der Waals surface area contributed by atoms with Crippen molar-refractivity contribution in [1.82, 2.24) is 4.90 Å². The second-order valence-electron chi connectivity index (χ2n) is 4.19. The summed E-state index contributed by atoms with van der Waals surface area (Å²) in [5, 5.41) is 3.61. The Kier molecular flexibility index (Phi) is 4.87. The number of methoxy groups -OCH3 is 1. The number of halogens is 1. The molecule has 1 amide bonds. The standard InChI is InChI=1S/C13H17ClN2O3/c1-18-10-2-3-11(14)12(8-10)15-9-13(17)16-4-6-19-7-5-16/h2-3,8,15H,4-7,9H2,1H3. The van der Waals surface area contributed by atoms with E-state index in [1.165, 1.54) is 0 Å². The maximum absolute atomic E-state index is 12.0. The van der Waals surface area contributed by atoms with E-state index in [9.17, 15) is 4.79 Å². The van der Waals surface area contributed by atoms with Crippen molar-refractivity contribution < 1.29 is 14.3 Å². The van der Waals surface area contributed by atoms with Crippen molar-refractivity contribution >= 4 is 23.2 Å². The van der Waals surface area contributed by atoms with E-state index in [1.54, 1.807) is 30.2 Å². The highest BCUT2D eigenvalue weighted by molar-refractivity contribution is 6.33. The molecule has 0 spiro atoms. The summed E-state index contributed by atoms with van der Waals surface area (Å²) in [5.41, 5.74) is 0.697. The van der Waals surface area contributed by atoms with Gasteiger partial charge in [0.25, 0.3) is 0 Å². The van der Waals surface area contributed by atoms with Gasteiger partial charge in [0.05, 0.1) is 37.6 Å². The van der Waals surface area contributed by atoms with E-state index in [1.807, 2.05) is 0 Å². The van der Waals surface area contributed by atoms with Gasteiger partial charge in [0.15, 0.2) is 0 Å². The van der Waals surface area contributed by atoms with Crippen LogP contribution in [0.5, 0.6) is 5.75 Å². The van der Waals surface area contributed by atoms with Gasteiger partial charge in [-0.05, 0) is 12.1 Å². The van der Waals surface area contributed by atoms with Crippen LogP contribution in [0.2, 0.25) is 5.02 Å². The zero-order valence-electron chi connectivity index (χ0n) is 10.8. The van der Waals surface area contributed by atoms with Crippen LogP contribution in [-0.2, 0) is 9.53 Å². The lowest BCUT2D eigenvalue weighted by Crippen LogP contribution is -2.43. The summed E-state index contributed by atoms with van der Waals surface area (Å²) in [5.74, 6) is 0.743. The highest BCUT2D eigenvalue weighted by Gasteiger charge is 2.16. The van der Waals surface area contributed by atoms with Gasteiger partial charge in [-0.2, -0.15) is 0 Å². The molecule has 1 saturated heterocycles. The first kappa shape index (κ1) is 14.0. The van der Waals surface area contributed by atoms with E-state index < -0.39 is 0 Å². The molecule has 1 heterocycles. The number of rotatable bonds is 4. The predicted octanol–water partition coefficient (Wildman–Crippen LogP) is 1.62. The van der Waals surface area contributed by atoms with Crippen LogP contribution in [0.4, 0.5) is 5.69 Å². The first-order valence-electron chi connectivity index (χ1n) is 6.13. The third kappa shape index (κ3) is 3.75. The van der Waals surface area contributed by atoms with Crippen molar-refractivity contribution in [3.63, 3.8) is 0 Å². The molecule has 19 heavy (non-hydrogen) atoms. The maximum Gasteiger partial charge on any atom is 0.242 e. The molecule has 1 N–H and O–H groups in total. The molecular weight excluding hydrogens is 268 g/mol. The van der Waals surface area contributed by atoms with Gasteiger partial charge in [-0.15, -0.1) is 0 Å². The van der Waals surface area contributed by atoms with Gasteiger partial charge >= 0.3 is 0 Å². The molecule has 1 aliphatic heterocycles. The maximum atomic E-state index is 12.0. The summed E-state index contributed by atoms with van der Waals surface area (Å²) >= 11 is 6.06. The Hall–Kier alpha value is -1.46. The van der Waals surface area contributed by atoms with Crippen molar-refractivity contribution in [2.24, 2.45) is 0 Å². The van der Waals surface area contributed by atoms with Crippen molar-refractivity contribution in [1.29, 1.82) is 0 Å². The molecule has 0 unspecified atom stereocenters. The number of hydrogen-bond acceptors (Lipinski definition) is 4. The quantitative estimate of drug-likeness (QED) is 0.913. The van der Waals surface area contributed by atoms with Gasteiger partial charge in [0.2, 0.25) is 5.91 Å². The summed E-state index contributed by atoms with van der Waals surface area (Å²) in [6, 6.07) is 5.29. The Morgan fingerprint density at radius 1 is 1.47 bits per heavy atom. The molecule has 0 saturated carbocycles. The van der Waals surface area contributed by atoms with Crippen LogP contribution in [0.3, 0.4) is 0 Å². The molecule has 0 aliphatic carbocycles. The molecule has 1 aromatic carbocycles. The third-order valence-electron chi connectivity index (χ3n) is 2.97. The summed E-state index contributed by atoms with van der Waals surface area (Å²) < 4.78 is 10.3. The number of anilines is 1. The summed E-state index contributed by atoms with van der Waals surface area (Å²) in [6.07, 6.45) is 0. The van der Waals surface area contributed by atoms with E-state index in [4.69, 9.17) is 21.1 Å². The lowest BCUT2D eigenvalue weighted by atomic mass is 10.3. The molecule has 0 aromatic heterocycles. The van der Waals surface area contributed by atoms with E-state index in [0.29, 0.717) is 42.8 Å². The fourth-order valence-corrected chi connectivity index (χ4v) is 2.05. The van der Waals surface area contributed by atoms with Crippen LogP contribution in [0, 0.1) is 0 Å². The molecule has 1 aromatic rings. The Morgan fingerprint density at radius 2 is 2.21 bits per heavy atom. The number of nitrogens with zero attached hydrogens (tertiary/aromatic N) is 1. The van der Waals surface area contributed by atoms with Crippen molar-refractivity contribution in [2.75, 3.05) is 45.3 Å². The van der Waals surface area contributed by atoms with Crippen molar-refractivity contribution in [3.05, 3.63) is 23.2 Å². The molecular formula is C13H17ClN2O3. The predicted molar refractivity (Wildman–Crippen MR) is 73.9 cm³/mol. The van der Waals surface area contributed by atoms with Gasteiger partial charge in [0, 0.05) is 19.2 Å². The molecule has 6 heteroatoms. The van der Waals surface area contributed by atoms with Crippen molar-refractivity contribution in [3.8, 4) is 5.75 Å². The average Bonchev–Trinajstić information content (AvgIpc) is 2.47. The molecule has 0 radical (unpaired) electrons. The van der Waals surface area contributed by atoms with Gasteiger partial charge < -0.3 is 19.7 Å². The molecule has 2 rings (SSSR count). The van der Waals surface area contributed by atoms with Crippen LogP contribution in [-0.4, -0.2) is 50.8 Å². The van der Waals surface area contributed by atoms with Crippen molar-refractivity contribution in [2.45, 2.75) is 0 Å². The lowest BCUT2D eigenvalue weighted by Gasteiger charge is -2.27. The summed E-state index contributed by atoms with van der Waals surface area (Å²) in [7, 11) is 1.59. The number of hydrogen-bond donors (Lipinski definition) is 1. The minimum Gasteiger partial charge on any atom is -0.497 e. The first-order chi connectivity index (χ1) is 9.20. The normalized spacial score (nSPS) is 15.2. The monoisotopic (exact) mass is 284 g/mol. The van der Waals surface area contributed by atoms with Crippen LogP contribution in [0.15, 0.2) is 18.2 Å². The Labute approximate surface area is 117 Å². The molecule has 1 fully saturated rings. The van der Waals surface area contributed by atoms with Gasteiger partial charge in [0.1, 0.15) is 5.75 Å². The minimum atomic E-state index is 0.0437. The minimum absolute atomic E-state index is 0.0437. The zero-order valence-corrected chi connectivity index (χ0v) is 11.6. The summed E-state index contributed by atoms with van der Waals surface area (Å²) in [6.45, 7) is 2.71. The van der Waals surface area contributed by atoms with Crippen LogP contribution in [0.25, 0.3) is 0 Å². The van der Waals surface area contributed by atoms with E-state index in [2.05, 4.69) is 5.32 Å². The van der Waals surface area contributed by atoms with Crippen LogP contribution < -0.4 is 10.1 Å². The molecule has 0 atom stereocenters. The zero-order chi connectivity index (χ0) is 13.7. The number of ether oxygens (including phenoxy) is 2. The molecule has 1 aliphatic rings. The number of morpholine rings is 1. The largest absolute Gasteiger partial charge is 0.497 e. The van der Waals surface area contributed by atoms with E-state index in [-0.39, 0.29) is 12.5 Å². The van der Waals surface area contributed by atoms with Crippen LogP contribution in [0.1, 0.15) is 0 Å². The molecule has 0 bridgehead atoms. The Morgan fingerprint density at radius 3 is 2.89 bits per heavy atom. The number of benzene rings is 1. The van der Waals surface area contributed by atoms with Crippen LogP contribution >= 0.6 is 11.6 Å². The highest BCUT2D eigenvalue weighted by atomic mass is 35.5. The smallest absolute Gasteiger partial charge is 0.242 e. The van der Waals surface area contributed by atoms with E-state index >= 15 is 0 Å². The Balaban J connectivity index is 1.92.